The van der Waals surface area contributed by atoms with Gasteiger partial charge in [0.05, 0.1) is 6.16 Å². The number of carboxylic acids is 1. The maximum Gasteiger partial charge on any atom is 0.332 e. The molecule has 1 rings (SSSR count). The minimum atomic E-state index is -4.01. The molecule has 0 heterocycles. The van der Waals surface area contributed by atoms with Crippen LogP contribution in [0.5, 0.6) is 0 Å². The Kier molecular flexibility index (Phi) is 7.51. The van der Waals surface area contributed by atoms with Crippen molar-refractivity contribution in [3.05, 3.63) is 35.9 Å². The molecule has 1 aromatic carbocycles. The Hall–Kier alpha value is -1.24. The van der Waals surface area contributed by atoms with E-state index in [1.807, 2.05) is 6.07 Å². The predicted octanol–water partition coefficient (Wildman–Crippen LogP) is 0.316. The summed E-state index contributed by atoms with van der Waals surface area (Å²) < 4.78 is 10.6. The number of hydrogen-bond acceptors (Lipinski definition) is 4. The van der Waals surface area contributed by atoms with Crippen LogP contribution in [0.4, 0.5) is 0 Å². The Morgan fingerprint density at radius 2 is 1.74 bits per heavy atom. The minimum Gasteiger partial charge on any atom is -0.479 e. The first-order valence-electron chi connectivity index (χ1n) is 5.39. The van der Waals surface area contributed by atoms with E-state index in [1.165, 1.54) is 6.92 Å². The highest BCUT2D eigenvalue weighted by atomic mass is 31.2. The first-order chi connectivity index (χ1) is 8.63. The summed E-state index contributed by atoms with van der Waals surface area (Å²) in [4.78, 5) is 26.8. The fraction of sp³-hybridized carbons (Fsp3) is 0.364. The molecule has 0 spiro atoms. The number of nitrogens with two attached hydrogens (primary N) is 1. The Morgan fingerprint density at radius 3 is 2.05 bits per heavy atom. The zero-order chi connectivity index (χ0) is 15.1. The first-order valence-corrected chi connectivity index (χ1v) is 7.19. The average molecular weight is 291 g/mol. The van der Waals surface area contributed by atoms with Crippen molar-refractivity contribution in [3.8, 4) is 0 Å². The summed E-state index contributed by atoms with van der Waals surface area (Å²) in [5.74, 6) is -1.19. The first kappa shape index (κ1) is 17.8. The number of carboxylic acid groups (broad SMARTS) is 1. The summed E-state index contributed by atoms with van der Waals surface area (Å²) in [6.07, 6.45) is -1.54. The van der Waals surface area contributed by atoms with Crippen LogP contribution in [-0.2, 0) is 9.36 Å². The molecule has 108 valence electrons. The third kappa shape index (κ3) is 9.35. The van der Waals surface area contributed by atoms with Gasteiger partial charge in [0, 0.05) is 6.04 Å². The second-order valence-corrected chi connectivity index (χ2v) is 5.57. The van der Waals surface area contributed by atoms with Crippen molar-refractivity contribution in [2.45, 2.75) is 19.1 Å². The number of aliphatic carboxylic acids is 1. The van der Waals surface area contributed by atoms with E-state index < -0.39 is 25.7 Å². The van der Waals surface area contributed by atoms with Crippen molar-refractivity contribution >= 4 is 13.6 Å². The van der Waals surface area contributed by atoms with Crippen molar-refractivity contribution in [1.82, 2.24) is 0 Å². The molecule has 2 unspecified atom stereocenters. The second kappa shape index (κ2) is 8.04. The van der Waals surface area contributed by atoms with Crippen LogP contribution >= 0.6 is 7.60 Å². The quantitative estimate of drug-likeness (QED) is 0.503. The number of carbonyl (C=O) groups is 1. The molecule has 0 aliphatic heterocycles. The van der Waals surface area contributed by atoms with Gasteiger partial charge in [0.2, 0.25) is 0 Å². The van der Waals surface area contributed by atoms with Crippen LogP contribution in [0.3, 0.4) is 0 Å². The number of aliphatic hydroxyl groups is 1. The zero-order valence-corrected chi connectivity index (χ0v) is 11.3. The standard InChI is InChI=1S/C8H12NO3P.C3H6O3/c9-8(6-13(10,11)12)7-4-2-1-3-5-7;1-2(4)3(5)6/h1-5,8H,6,9H2,(H2,10,11,12);2,4H,1H3,(H,5,6). The Labute approximate surface area is 110 Å². The smallest absolute Gasteiger partial charge is 0.332 e. The monoisotopic (exact) mass is 291 g/mol. The molecule has 0 fully saturated rings. The van der Waals surface area contributed by atoms with E-state index >= 15 is 0 Å². The molecule has 0 aliphatic carbocycles. The molecular weight excluding hydrogens is 273 g/mol. The topological polar surface area (TPSA) is 141 Å². The normalized spacial score (nSPS) is 13.9. The molecule has 19 heavy (non-hydrogen) atoms. The SMILES string of the molecule is CC(O)C(=O)O.NC(CP(=O)(O)O)c1ccccc1. The lowest BCUT2D eigenvalue weighted by atomic mass is 10.1. The molecule has 1 aromatic rings. The fourth-order valence-corrected chi connectivity index (χ4v) is 1.79. The van der Waals surface area contributed by atoms with Gasteiger partial charge in [-0.1, -0.05) is 30.3 Å². The predicted molar refractivity (Wildman–Crippen MR) is 69.6 cm³/mol. The van der Waals surface area contributed by atoms with Gasteiger partial charge in [-0.05, 0) is 12.5 Å². The molecule has 0 bridgehead atoms. The van der Waals surface area contributed by atoms with Crippen LogP contribution in [0.15, 0.2) is 30.3 Å². The largest absolute Gasteiger partial charge is 0.479 e. The number of aliphatic hydroxyl groups excluding tert-OH is 1. The van der Waals surface area contributed by atoms with Gasteiger partial charge < -0.3 is 25.7 Å². The maximum atomic E-state index is 10.6. The van der Waals surface area contributed by atoms with Gasteiger partial charge in [0.1, 0.15) is 6.10 Å². The van der Waals surface area contributed by atoms with E-state index in [0.717, 1.165) is 5.56 Å². The summed E-state index contributed by atoms with van der Waals surface area (Å²) in [6, 6.07) is 8.31. The maximum absolute atomic E-state index is 10.6. The van der Waals surface area contributed by atoms with E-state index in [0.29, 0.717) is 0 Å². The molecule has 8 heteroatoms. The molecule has 0 amide bonds. The minimum absolute atomic E-state index is 0.309. The lowest BCUT2D eigenvalue weighted by Crippen LogP contribution is -2.14. The van der Waals surface area contributed by atoms with Crippen LogP contribution in [0.2, 0.25) is 0 Å². The van der Waals surface area contributed by atoms with E-state index in [2.05, 4.69) is 0 Å². The van der Waals surface area contributed by atoms with Crippen molar-refractivity contribution < 1.29 is 29.4 Å². The summed E-state index contributed by atoms with van der Waals surface area (Å²) in [5, 5.41) is 15.8. The molecule has 0 aromatic heterocycles. The molecule has 0 aliphatic rings. The number of hydrogen-bond donors (Lipinski definition) is 5. The lowest BCUT2D eigenvalue weighted by molar-refractivity contribution is -0.145. The fourth-order valence-electron chi connectivity index (χ4n) is 1.06. The van der Waals surface area contributed by atoms with Crippen LogP contribution in [-0.4, -0.2) is 38.2 Å². The van der Waals surface area contributed by atoms with Gasteiger partial charge >= 0.3 is 13.6 Å². The highest BCUT2D eigenvalue weighted by molar-refractivity contribution is 7.51. The van der Waals surface area contributed by atoms with E-state index in [4.69, 9.17) is 25.7 Å². The zero-order valence-electron chi connectivity index (χ0n) is 10.4. The molecule has 6 N–H and O–H groups in total. The van der Waals surface area contributed by atoms with E-state index in [-0.39, 0.29) is 6.16 Å². The van der Waals surface area contributed by atoms with Gasteiger partial charge in [0.25, 0.3) is 0 Å². The van der Waals surface area contributed by atoms with Crippen LogP contribution in [0.25, 0.3) is 0 Å². The van der Waals surface area contributed by atoms with Crippen molar-refractivity contribution in [1.29, 1.82) is 0 Å². The summed E-state index contributed by atoms with van der Waals surface area (Å²) in [6.45, 7) is 1.20. The summed E-state index contributed by atoms with van der Waals surface area (Å²) in [5.41, 5.74) is 6.33. The van der Waals surface area contributed by atoms with Gasteiger partial charge in [0.15, 0.2) is 0 Å². The lowest BCUT2D eigenvalue weighted by Gasteiger charge is -2.12. The van der Waals surface area contributed by atoms with Crippen LogP contribution < -0.4 is 5.73 Å². The molecule has 0 saturated heterocycles. The summed E-state index contributed by atoms with van der Waals surface area (Å²) in [7, 11) is -4.01. The summed E-state index contributed by atoms with van der Waals surface area (Å²) >= 11 is 0. The van der Waals surface area contributed by atoms with Crippen molar-refractivity contribution in [2.75, 3.05) is 6.16 Å². The van der Waals surface area contributed by atoms with Gasteiger partial charge in [-0.3, -0.25) is 4.57 Å². The Balaban J connectivity index is 0.000000459. The molecule has 7 nitrogen and oxygen atoms in total. The number of benzene rings is 1. The van der Waals surface area contributed by atoms with E-state index in [9.17, 15) is 9.36 Å². The van der Waals surface area contributed by atoms with E-state index in [1.54, 1.807) is 24.3 Å². The Morgan fingerprint density at radius 1 is 1.32 bits per heavy atom. The van der Waals surface area contributed by atoms with Gasteiger partial charge in [-0.25, -0.2) is 4.79 Å². The highest BCUT2D eigenvalue weighted by Gasteiger charge is 2.19. The second-order valence-electron chi connectivity index (χ2n) is 3.88. The van der Waals surface area contributed by atoms with Gasteiger partial charge in [-0.2, -0.15) is 0 Å². The molecule has 2 atom stereocenters. The third-order valence-electron chi connectivity index (χ3n) is 2.02. The number of rotatable bonds is 4. The van der Waals surface area contributed by atoms with Gasteiger partial charge in [-0.15, -0.1) is 0 Å². The van der Waals surface area contributed by atoms with Crippen molar-refractivity contribution in [2.24, 2.45) is 5.73 Å². The third-order valence-corrected chi connectivity index (χ3v) is 2.89. The highest BCUT2D eigenvalue weighted by Crippen LogP contribution is 2.38. The average Bonchev–Trinajstić information content (AvgIpc) is 2.28. The molecule has 0 saturated carbocycles. The molecule has 0 radical (unpaired) electrons. The molecular formula is C11H18NO6P. The van der Waals surface area contributed by atoms with Crippen LogP contribution in [0.1, 0.15) is 18.5 Å². The Bertz CT molecular complexity index is 430. The van der Waals surface area contributed by atoms with Crippen LogP contribution in [0, 0.1) is 0 Å². The van der Waals surface area contributed by atoms with Crippen molar-refractivity contribution in [3.63, 3.8) is 0 Å².